The SMILES string of the molecule is O=C(Cn1c[n+](Cc2ccccc2)c2ccccc21)Nc1cccc(C(F)(F)F)c1.[I-]. The topological polar surface area (TPSA) is 37.9 Å². The van der Waals surface area contributed by atoms with Crippen LogP contribution in [0.4, 0.5) is 18.9 Å². The highest BCUT2D eigenvalue weighted by molar-refractivity contribution is 5.91. The molecule has 4 nitrogen and oxygen atoms in total. The first-order valence-corrected chi connectivity index (χ1v) is 9.38. The number of hydrogen-bond acceptors (Lipinski definition) is 1. The fourth-order valence-corrected chi connectivity index (χ4v) is 3.40. The largest absolute Gasteiger partial charge is 1.00 e. The Kier molecular flexibility index (Phi) is 6.99. The maximum absolute atomic E-state index is 12.9. The molecular formula is C23H19F3IN3O. The lowest BCUT2D eigenvalue weighted by atomic mass is 10.2. The first-order valence-electron chi connectivity index (χ1n) is 9.38. The Labute approximate surface area is 194 Å². The second-order valence-corrected chi connectivity index (χ2v) is 6.97. The van der Waals surface area contributed by atoms with Gasteiger partial charge in [-0.3, -0.25) is 4.79 Å². The number of halogens is 4. The summed E-state index contributed by atoms with van der Waals surface area (Å²) >= 11 is 0. The summed E-state index contributed by atoms with van der Waals surface area (Å²) in [5.74, 6) is -0.401. The molecule has 8 heteroatoms. The van der Waals surface area contributed by atoms with Crippen molar-refractivity contribution >= 4 is 22.6 Å². The van der Waals surface area contributed by atoms with E-state index in [4.69, 9.17) is 0 Å². The van der Waals surface area contributed by atoms with E-state index in [0.717, 1.165) is 28.7 Å². The molecule has 0 fully saturated rings. The van der Waals surface area contributed by atoms with Gasteiger partial charge in [0, 0.05) is 5.69 Å². The van der Waals surface area contributed by atoms with Gasteiger partial charge in [0.25, 0.3) is 5.91 Å². The molecular weight excluding hydrogens is 518 g/mol. The van der Waals surface area contributed by atoms with Gasteiger partial charge < -0.3 is 29.3 Å². The number of alkyl halides is 3. The Hall–Kier alpha value is -2.88. The van der Waals surface area contributed by atoms with Gasteiger partial charge in [-0.1, -0.05) is 48.5 Å². The van der Waals surface area contributed by atoms with Crippen LogP contribution >= 0.6 is 0 Å². The molecule has 4 aromatic rings. The summed E-state index contributed by atoms with van der Waals surface area (Å²) in [5.41, 5.74) is 2.27. The van der Waals surface area contributed by atoms with Crippen molar-refractivity contribution in [3.63, 3.8) is 0 Å². The summed E-state index contributed by atoms with van der Waals surface area (Å²) in [7, 11) is 0. The molecule has 1 heterocycles. The molecule has 0 unspecified atom stereocenters. The monoisotopic (exact) mass is 537 g/mol. The van der Waals surface area contributed by atoms with Crippen LogP contribution in [-0.2, 0) is 24.1 Å². The smallest absolute Gasteiger partial charge is 0.416 e. The number of hydrogen-bond donors (Lipinski definition) is 1. The highest BCUT2D eigenvalue weighted by Crippen LogP contribution is 2.30. The third kappa shape index (κ3) is 5.43. The number of anilines is 1. The van der Waals surface area contributed by atoms with Crippen LogP contribution in [-0.4, -0.2) is 10.5 Å². The number of fused-ring (bicyclic) bond motifs is 1. The van der Waals surface area contributed by atoms with Crippen LogP contribution in [0, 0.1) is 0 Å². The Bertz CT molecular complexity index is 1190. The van der Waals surface area contributed by atoms with Crippen LogP contribution in [0.3, 0.4) is 0 Å². The highest BCUT2D eigenvalue weighted by atomic mass is 127. The summed E-state index contributed by atoms with van der Waals surface area (Å²) in [6.07, 6.45) is -2.61. The molecule has 0 aliphatic heterocycles. The minimum atomic E-state index is -4.46. The molecule has 1 N–H and O–H groups in total. The average molecular weight is 537 g/mol. The van der Waals surface area contributed by atoms with E-state index in [1.54, 1.807) is 4.57 Å². The van der Waals surface area contributed by atoms with Gasteiger partial charge in [-0.2, -0.15) is 13.2 Å². The maximum Gasteiger partial charge on any atom is 0.416 e. The van der Waals surface area contributed by atoms with E-state index in [1.165, 1.54) is 12.1 Å². The lowest BCUT2D eigenvalue weighted by Gasteiger charge is -2.09. The van der Waals surface area contributed by atoms with E-state index in [2.05, 4.69) is 5.32 Å². The predicted octanol–water partition coefficient (Wildman–Crippen LogP) is 1.64. The molecule has 0 bridgehead atoms. The number of para-hydroxylation sites is 2. The van der Waals surface area contributed by atoms with Gasteiger partial charge in [0.05, 0.1) is 5.56 Å². The zero-order valence-corrected chi connectivity index (χ0v) is 18.5. The van der Waals surface area contributed by atoms with Gasteiger partial charge in [-0.05, 0) is 35.9 Å². The van der Waals surface area contributed by atoms with Gasteiger partial charge in [0.15, 0.2) is 17.6 Å². The molecule has 1 amide bonds. The van der Waals surface area contributed by atoms with Crippen molar-refractivity contribution in [3.8, 4) is 0 Å². The van der Waals surface area contributed by atoms with E-state index in [1.807, 2.05) is 65.5 Å². The fourth-order valence-electron chi connectivity index (χ4n) is 3.40. The van der Waals surface area contributed by atoms with Crippen molar-refractivity contribution in [3.05, 3.63) is 96.3 Å². The van der Waals surface area contributed by atoms with E-state index >= 15 is 0 Å². The minimum absolute atomic E-state index is 0. The Balaban J connectivity index is 0.00000272. The van der Waals surface area contributed by atoms with Gasteiger partial charge in [0.1, 0.15) is 6.54 Å². The first kappa shape index (κ1) is 22.8. The summed E-state index contributed by atoms with van der Waals surface area (Å²) in [5, 5.41) is 2.56. The molecule has 0 radical (unpaired) electrons. The van der Waals surface area contributed by atoms with Crippen molar-refractivity contribution in [2.24, 2.45) is 0 Å². The summed E-state index contributed by atoms with van der Waals surface area (Å²) < 4.78 is 42.5. The Morgan fingerprint density at radius 1 is 0.935 bits per heavy atom. The maximum atomic E-state index is 12.9. The molecule has 0 aliphatic carbocycles. The molecule has 31 heavy (non-hydrogen) atoms. The van der Waals surface area contributed by atoms with Gasteiger partial charge in [-0.15, -0.1) is 0 Å². The molecule has 0 spiro atoms. The molecule has 4 rings (SSSR count). The first-order chi connectivity index (χ1) is 14.4. The van der Waals surface area contributed by atoms with E-state index in [-0.39, 0.29) is 36.2 Å². The Morgan fingerprint density at radius 2 is 1.65 bits per heavy atom. The summed E-state index contributed by atoms with van der Waals surface area (Å²) in [6, 6.07) is 22.3. The number of carbonyl (C=O) groups is 1. The molecule has 0 saturated carbocycles. The molecule has 0 aliphatic rings. The molecule has 1 aromatic heterocycles. The zero-order valence-electron chi connectivity index (χ0n) is 16.3. The standard InChI is InChI=1S/C23H18F3N3O.HI/c24-23(25,26)18-9-6-10-19(13-18)27-22(30)15-29-16-28(14-17-7-2-1-3-8-17)20-11-4-5-12-21(20)29;/h1-13,16H,14-15H2;1H. The van der Waals surface area contributed by atoms with Crippen LogP contribution in [0.25, 0.3) is 11.0 Å². The molecule has 160 valence electrons. The number of aromatic nitrogens is 2. The van der Waals surface area contributed by atoms with Crippen LogP contribution in [0.5, 0.6) is 0 Å². The van der Waals surface area contributed by atoms with Crippen LogP contribution < -0.4 is 33.9 Å². The van der Waals surface area contributed by atoms with E-state index < -0.39 is 17.6 Å². The number of amides is 1. The highest BCUT2D eigenvalue weighted by Gasteiger charge is 2.30. The average Bonchev–Trinajstić information content (AvgIpc) is 3.05. The lowest BCUT2D eigenvalue weighted by molar-refractivity contribution is -0.663. The fraction of sp³-hybridized carbons (Fsp3) is 0.130. The van der Waals surface area contributed by atoms with Crippen molar-refractivity contribution in [2.45, 2.75) is 19.3 Å². The van der Waals surface area contributed by atoms with Crippen molar-refractivity contribution < 1.29 is 46.5 Å². The summed E-state index contributed by atoms with van der Waals surface area (Å²) in [6.45, 7) is 0.627. The zero-order chi connectivity index (χ0) is 21.1. The lowest BCUT2D eigenvalue weighted by Crippen LogP contribution is -3.00. The van der Waals surface area contributed by atoms with Gasteiger partial charge >= 0.3 is 6.18 Å². The number of nitrogens with zero attached hydrogens (tertiary/aromatic N) is 2. The van der Waals surface area contributed by atoms with Crippen molar-refractivity contribution in [1.29, 1.82) is 0 Å². The summed E-state index contributed by atoms with van der Waals surface area (Å²) in [4.78, 5) is 12.5. The van der Waals surface area contributed by atoms with E-state index in [0.29, 0.717) is 6.54 Å². The van der Waals surface area contributed by atoms with Gasteiger partial charge in [0.2, 0.25) is 6.33 Å². The number of carbonyl (C=O) groups excluding carboxylic acids is 1. The normalized spacial score (nSPS) is 11.2. The van der Waals surface area contributed by atoms with Crippen molar-refractivity contribution in [2.75, 3.05) is 5.32 Å². The van der Waals surface area contributed by atoms with Gasteiger partial charge in [-0.25, -0.2) is 9.13 Å². The third-order valence-corrected chi connectivity index (χ3v) is 4.76. The van der Waals surface area contributed by atoms with E-state index in [9.17, 15) is 18.0 Å². The van der Waals surface area contributed by atoms with Crippen molar-refractivity contribution in [1.82, 2.24) is 4.57 Å². The minimum Gasteiger partial charge on any atom is -1.00 e. The second kappa shape index (κ2) is 9.51. The van der Waals surface area contributed by atoms with Crippen LogP contribution in [0.1, 0.15) is 11.1 Å². The quantitative estimate of drug-likeness (QED) is 0.305. The predicted molar refractivity (Wildman–Crippen MR) is 108 cm³/mol. The third-order valence-electron chi connectivity index (χ3n) is 4.76. The number of benzene rings is 3. The number of imidazole rings is 1. The van der Waals surface area contributed by atoms with Crippen LogP contribution in [0.15, 0.2) is 85.2 Å². The molecule has 3 aromatic carbocycles. The second-order valence-electron chi connectivity index (χ2n) is 6.97. The number of rotatable bonds is 5. The Morgan fingerprint density at radius 3 is 2.39 bits per heavy atom. The molecule has 0 saturated heterocycles. The number of nitrogens with one attached hydrogen (secondary N) is 1. The van der Waals surface area contributed by atoms with Crippen LogP contribution in [0.2, 0.25) is 0 Å². The molecule has 0 atom stereocenters.